The molecular formula is C13H18N2O2. The first-order valence-electron chi connectivity index (χ1n) is 5.97. The van der Waals surface area contributed by atoms with Gasteiger partial charge in [-0.15, -0.1) is 0 Å². The molecular weight excluding hydrogens is 216 g/mol. The van der Waals surface area contributed by atoms with E-state index in [0.717, 1.165) is 24.2 Å². The number of hydrogen-bond acceptors (Lipinski definition) is 3. The lowest BCUT2D eigenvalue weighted by Crippen LogP contribution is -2.38. The van der Waals surface area contributed by atoms with Gasteiger partial charge in [0.1, 0.15) is 6.04 Å². The van der Waals surface area contributed by atoms with Gasteiger partial charge < -0.3 is 5.11 Å². The summed E-state index contributed by atoms with van der Waals surface area (Å²) in [6, 6.07) is 3.55. The summed E-state index contributed by atoms with van der Waals surface area (Å²) in [5.41, 5.74) is 2.10. The third-order valence-corrected chi connectivity index (χ3v) is 3.53. The molecule has 0 spiro atoms. The number of pyridine rings is 1. The third kappa shape index (κ3) is 2.47. The van der Waals surface area contributed by atoms with Crippen molar-refractivity contribution >= 4 is 5.97 Å². The van der Waals surface area contributed by atoms with Gasteiger partial charge in [0.2, 0.25) is 0 Å². The number of carboxylic acid groups (broad SMARTS) is 1. The third-order valence-electron chi connectivity index (χ3n) is 3.53. The van der Waals surface area contributed by atoms with Crippen LogP contribution in [0.2, 0.25) is 0 Å². The van der Waals surface area contributed by atoms with E-state index >= 15 is 0 Å². The molecule has 1 saturated heterocycles. The number of likely N-dealkylation sites (tertiary alicyclic amines) is 1. The van der Waals surface area contributed by atoms with Crippen LogP contribution in [0.15, 0.2) is 18.3 Å². The van der Waals surface area contributed by atoms with Gasteiger partial charge in [0.05, 0.1) is 5.69 Å². The first-order valence-corrected chi connectivity index (χ1v) is 5.97. The van der Waals surface area contributed by atoms with E-state index in [9.17, 15) is 9.90 Å². The van der Waals surface area contributed by atoms with Crippen molar-refractivity contribution in [2.24, 2.45) is 5.92 Å². The van der Waals surface area contributed by atoms with Crippen LogP contribution >= 0.6 is 0 Å². The minimum Gasteiger partial charge on any atom is -0.480 e. The van der Waals surface area contributed by atoms with Crippen LogP contribution in [0.25, 0.3) is 0 Å². The molecule has 2 heterocycles. The zero-order valence-electron chi connectivity index (χ0n) is 10.3. The van der Waals surface area contributed by atoms with Crippen molar-refractivity contribution in [1.82, 2.24) is 9.88 Å². The topological polar surface area (TPSA) is 53.4 Å². The molecule has 2 rings (SSSR count). The van der Waals surface area contributed by atoms with Crippen molar-refractivity contribution in [1.29, 1.82) is 0 Å². The number of carboxylic acids is 1. The van der Waals surface area contributed by atoms with Crippen LogP contribution in [0.1, 0.15) is 24.6 Å². The molecule has 0 radical (unpaired) electrons. The fraction of sp³-hybridized carbons (Fsp3) is 0.538. The van der Waals surface area contributed by atoms with Crippen LogP contribution in [0.3, 0.4) is 0 Å². The highest BCUT2D eigenvalue weighted by molar-refractivity contribution is 5.74. The summed E-state index contributed by atoms with van der Waals surface area (Å²) in [7, 11) is 0. The van der Waals surface area contributed by atoms with Gasteiger partial charge in [-0.1, -0.05) is 13.0 Å². The normalized spacial score (nSPS) is 25.1. The zero-order valence-corrected chi connectivity index (χ0v) is 10.3. The van der Waals surface area contributed by atoms with Gasteiger partial charge in [0.15, 0.2) is 0 Å². The molecule has 0 amide bonds. The predicted octanol–water partition coefficient (Wildman–Crippen LogP) is 1.69. The van der Waals surface area contributed by atoms with Crippen LogP contribution in [0.5, 0.6) is 0 Å². The number of hydrogen-bond donors (Lipinski definition) is 1. The lowest BCUT2D eigenvalue weighted by molar-refractivity contribution is -0.143. The molecule has 0 bridgehead atoms. The smallest absolute Gasteiger partial charge is 0.321 e. The SMILES string of the molecule is Cc1cccnc1CN1CCC(C)C1C(=O)O. The molecule has 17 heavy (non-hydrogen) atoms. The Labute approximate surface area is 101 Å². The second-order valence-corrected chi connectivity index (χ2v) is 4.79. The van der Waals surface area contributed by atoms with Gasteiger partial charge in [-0.3, -0.25) is 14.7 Å². The Morgan fingerprint density at radius 3 is 3.06 bits per heavy atom. The highest BCUT2D eigenvalue weighted by Crippen LogP contribution is 2.25. The Balaban J connectivity index is 2.14. The maximum absolute atomic E-state index is 11.2. The summed E-state index contributed by atoms with van der Waals surface area (Å²) >= 11 is 0. The number of aromatic nitrogens is 1. The molecule has 92 valence electrons. The van der Waals surface area contributed by atoms with Crippen molar-refractivity contribution < 1.29 is 9.90 Å². The van der Waals surface area contributed by atoms with E-state index in [2.05, 4.69) is 4.98 Å². The molecule has 1 N–H and O–H groups in total. The van der Waals surface area contributed by atoms with Crippen molar-refractivity contribution in [3.8, 4) is 0 Å². The van der Waals surface area contributed by atoms with Gasteiger partial charge in [0, 0.05) is 12.7 Å². The van der Waals surface area contributed by atoms with E-state index in [1.54, 1.807) is 6.20 Å². The van der Waals surface area contributed by atoms with E-state index in [-0.39, 0.29) is 12.0 Å². The average molecular weight is 234 g/mol. The number of nitrogens with zero attached hydrogens (tertiary/aromatic N) is 2. The molecule has 0 aliphatic carbocycles. The Hall–Kier alpha value is -1.42. The zero-order chi connectivity index (χ0) is 12.4. The van der Waals surface area contributed by atoms with Crippen molar-refractivity contribution in [2.45, 2.75) is 32.9 Å². The molecule has 1 aromatic heterocycles. The number of carbonyl (C=O) groups is 1. The second kappa shape index (κ2) is 4.84. The lowest BCUT2D eigenvalue weighted by Gasteiger charge is -2.23. The van der Waals surface area contributed by atoms with Crippen LogP contribution < -0.4 is 0 Å². The minimum atomic E-state index is -0.719. The average Bonchev–Trinajstić information content (AvgIpc) is 2.63. The standard InChI is InChI=1S/C13H18N2O2/c1-9-4-3-6-14-11(9)8-15-7-5-10(2)12(15)13(16)17/h3-4,6,10,12H,5,7-8H2,1-2H3,(H,16,17). The monoisotopic (exact) mass is 234 g/mol. The fourth-order valence-corrected chi connectivity index (χ4v) is 2.48. The molecule has 2 atom stereocenters. The highest BCUT2D eigenvalue weighted by Gasteiger charge is 2.36. The minimum absolute atomic E-state index is 0.219. The van der Waals surface area contributed by atoms with Gasteiger partial charge in [-0.2, -0.15) is 0 Å². The van der Waals surface area contributed by atoms with E-state index < -0.39 is 5.97 Å². The first-order chi connectivity index (χ1) is 8.09. The molecule has 1 aliphatic rings. The highest BCUT2D eigenvalue weighted by atomic mass is 16.4. The first kappa shape index (κ1) is 12.0. The maximum atomic E-state index is 11.2. The predicted molar refractivity (Wildman–Crippen MR) is 64.6 cm³/mol. The van der Waals surface area contributed by atoms with E-state index in [0.29, 0.717) is 6.54 Å². The molecule has 0 aromatic carbocycles. The summed E-state index contributed by atoms with van der Waals surface area (Å²) in [6.45, 7) is 5.49. The molecule has 1 aromatic rings. The molecule has 2 unspecified atom stereocenters. The van der Waals surface area contributed by atoms with E-state index in [1.165, 1.54) is 0 Å². The summed E-state index contributed by atoms with van der Waals surface area (Å²) in [5, 5.41) is 9.24. The van der Waals surface area contributed by atoms with Gasteiger partial charge in [-0.05, 0) is 37.4 Å². The van der Waals surface area contributed by atoms with E-state index in [4.69, 9.17) is 0 Å². The van der Waals surface area contributed by atoms with Crippen LogP contribution in [-0.2, 0) is 11.3 Å². The van der Waals surface area contributed by atoms with Crippen LogP contribution in [0.4, 0.5) is 0 Å². The van der Waals surface area contributed by atoms with Crippen LogP contribution in [0, 0.1) is 12.8 Å². The molecule has 4 nitrogen and oxygen atoms in total. The summed E-state index contributed by atoms with van der Waals surface area (Å²) < 4.78 is 0. The summed E-state index contributed by atoms with van der Waals surface area (Å²) in [6.07, 6.45) is 2.71. The molecule has 1 aliphatic heterocycles. The summed E-state index contributed by atoms with van der Waals surface area (Å²) in [4.78, 5) is 17.6. The van der Waals surface area contributed by atoms with Crippen molar-refractivity contribution in [3.05, 3.63) is 29.6 Å². The number of rotatable bonds is 3. The van der Waals surface area contributed by atoms with Gasteiger partial charge in [0.25, 0.3) is 0 Å². The maximum Gasteiger partial charge on any atom is 0.321 e. The Morgan fingerprint density at radius 2 is 2.41 bits per heavy atom. The Kier molecular flexibility index (Phi) is 3.43. The quantitative estimate of drug-likeness (QED) is 0.864. The molecule has 1 fully saturated rings. The van der Waals surface area contributed by atoms with Crippen LogP contribution in [-0.4, -0.2) is 33.5 Å². The molecule has 0 saturated carbocycles. The Bertz CT molecular complexity index is 420. The van der Waals surface area contributed by atoms with Gasteiger partial charge in [-0.25, -0.2) is 0 Å². The number of aliphatic carboxylic acids is 1. The molecule has 4 heteroatoms. The van der Waals surface area contributed by atoms with E-state index in [1.807, 2.05) is 30.9 Å². The Morgan fingerprint density at radius 1 is 1.65 bits per heavy atom. The summed E-state index contributed by atoms with van der Waals surface area (Å²) in [5.74, 6) is -0.500. The van der Waals surface area contributed by atoms with Crippen molar-refractivity contribution in [2.75, 3.05) is 6.54 Å². The van der Waals surface area contributed by atoms with Gasteiger partial charge >= 0.3 is 5.97 Å². The second-order valence-electron chi connectivity index (χ2n) is 4.79. The largest absolute Gasteiger partial charge is 0.480 e. The fourth-order valence-electron chi connectivity index (χ4n) is 2.48. The lowest BCUT2D eigenvalue weighted by atomic mass is 10.0. The van der Waals surface area contributed by atoms with Crippen molar-refractivity contribution in [3.63, 3.8) is 0 Å². The number of aryl methyl sites for hydroxylation is 1.